The lowest BCUT2D eigenvalue weighted by Crippen LogP contribution is -2.63. The number of para-hydroxylation sites is 2. The molecule has 12 rings (SSSR count). The van der Waals surface area contributed by atoms with Crippen LogP contribution in [-0.2, 0) is 5.41 Å². The van der Waals surface area contributed by atoms with Gasteiger partial charge in [0, 0.05) is 33.7 Å². The number of benzene rings is 9. The van der Waals surface area contributed by atoms with E-state index in [9.17, 15) is 0 Å². The average molecular weight is 823 g/mol. The average Bonchev–Trinajstić information content (AvgIpc) is 3.64. The zero-order valence-electron chi connectivity index (χ0n) is 35.8. The molecule has 300 valence electrons. The van der Waals surface area contributed by atoms with Gasteiger partial charge in [0.1, 0.15) is 8.07 Å². The molecule has 2 heterocycles. The Balaban J connectivity index is 1.10. The highest BCUT2D eigenvalue weighted by atomic mass is 28.3. The summed E-state index contributed by atoms with van der Waals surface area (Å²) < 4.78 is 2.37. The number of aromatic nitrogens is 1. The Kier molecular flexibility index (Phi) is 8.31. The molecule has 3 heteroatoms. The Morgan fingerprint density at radius 1 is 0.540 bits per heavy atom. The molecule has 10 aromatic rings. The van der Waals surface area contributed by atoms with Gasteiger partial charge in [0.15, 0.2) is 0 Å². The van der Waals surface area contributed by atoms with Crippen LogP contribution < -0.4 is 15.3 Å². The number of hydrogen-bond donors (Lipinski definition) is 0. The summed E-state index contributed by atoms with van der Waals surface area (Å²) in [5.41, 5.74) is 15.6. The second-order valence-corrected chi connectivity index (χ2v) is 22.1. The molecule has 0 radical (unpaired) electrons. The van der Waals surface area contributed by atoms with Crippen LogP contribution in [0.3, 0.4) is 0 Å². The van der Waals surface area contributed by atoms with Crippen molar-refractivity contribution in [1.29, 1.82) is 0 Å². The standard InChI is InChI=1S/C60H46N2Si/c1-5-55-50(48-26-12-15-31-56(48)62(55)45-34-33-41-19-9-10-20-43(41)38-45)37-40(2)61(44-23-7-6-8-24-44)46-35-36-53-58(39-46)63(3,4)57-32-16-14-29-52(57)60(53)51-28-13-11-25-47(51)49-27-17-21-42-22-18-30-54(60)59(42)49/h5-39H,1H2,2-4H3/b40-37+. The molecule has 0 bridgehead atoms. The lowest BCUT2D eigenvalue weighted by atomic mass is 9.59. The Morgan fingerprint density at radius 3 is 2.03 bits per heavy atom. The maximum atomic E-state index is 4.41. The summed E-state index contributed by atoms with van der Waals surface area (Å²) in [5.74, 6) is 0. The lowest BCUT2D eigenvalue weighted by molar-refractivity contribution is 0.754. The van der Waals surface area contributed by atoms with Gasteiger partial charge in [0.2, 0.25) is 0 Å². The molecule has 1 spiro atoms. The van der Waals surface area contributed by atoms with Gasteiger partial charge in [-0.1, -0.05) is 177 Å². The fraction of sp³-hybridized carbons (Fsp3) is 0.0667. The normalized spacial score (nSPS) is 15.9. The Morgan fingerprint density at radius 2 is 1.19 bits per heavy atom. The minimum absolute atomic E-state index is 0.483. The molecule has 1 aliphatic carbocycles. The van der Waals surface area contributed by atoms with Gasteiger partial charge in [-0.2, -0.15) is 0 Å². The summed E-state index contributed by atoms with van der Waals surface area (Å²) in [6.45, 7) is 11.8. The molecular formula is C60H46N2Si. The number of fused-ring (bicyclic) bond motifs is 10. The first-order valence-corrected chi connectivity index (χ1v) is 25.1. The fourth-order valence-electron chi connectivity index (χ4n) is 11.4. The molecule has 0 fully saturated rings. The van der Waals surface area contributed by atoms with E-state index in [0.29, 0.717) is 0 Å². The van der Waals surface area contributed by atoms with Crippen LogP contribution in [0, 0.1) is 0 Å². The first kappa shape index (κ1) is 37.3. The maximum Gasteiger partial charge on any atom is 0.113 e. The largest absolute Gasteiger partial charge is 0.314 e. The molecule has 0 saturated heterocycles. The third-order valence-electron chi connectivity index (χ3n) is 14.1. The minimum atomic E-state index is -2.29. The molecule has 0 amide bonds. The van der Waals surface area contributed by atoms with Gasteiger partial charge in [-0.25, -0.2) is 0 Å². The number of rotatable bonds is 6. The van der Waals surface area contributed by atoms with Gasteiger partial charge in [-0.05, 0) is 127 Å². The van der Waals surface area contributed by atoms with Crippen LogP contribution in [0.1, 0.15) is 40.4 Å². The van der Waals surface area contributed by atoms with Crippen LogP contribution >= 0.6 is 0 Å². The van der Waals surface area contributed by atoms with Crippen molar-refractivity contribution in [2.24, 2.45) is 0 Å². The molecule has 9 aromatic carbocycles. The van der Waals surface area contributed by atoms with Crippen molar-refractivity contribution in [3.05, 3.63) is 246 Å². The number of hydrogen-bond acceptors (Lipinski definition) is 1. The highest BCUT2D eigenvalue weighted by Crippen LogP contribution is 2.56. The van der Waals surface area contributed by atoms with E-state index in [1.54, 1.807) is 0 Å². The van der Waals surface area contributed by atoms with Crippen molar-refractivity contribution in [2.45, 2.75) is 25.4 Å². The van der Waals surface area contributed by atoms with Crippen molar-refractivity contribution < 1.29 is 0 Å². The van der Waals surface area contributed by atoms with Gasteiger partial charge >= 0.3 is 0 Å². The lowest BCUT2D eigenvalue weighted by Gasteiger charge is -2.50. The Bertz CT molecular complexity index is 3530. The van der Waals surface area contributed by atoms with Crippen molar-refractivity contribution >= 4 is 74.4 Å². The van der Waals surface area contributed by atoms with Crippen LogP contribution in [-0.4, -0.2) is 12.6 Å². The third-order valence-corrected chi connectivity index (χ3v) is 17.7. The molecule has 1 unspecified atom stereocenters. The third kappa shape index (κ3) is 5.30. The van der Waals surface area contributed by atoms with E-state index in [0.717, 1.165) is 39.5 Å². The van der Waals surface area contributed by atoms with E-state index in [-0.39, 0.29) is 0 Å². The van der Waals surface area contributed by atoms with E-state index < -0.39 is 13.5 Å². The fourth-order valence-corrected chi connectivity index (χ4v) is 14.6. The zero-order valence-corrected chi connectivity index (χ0v) is 36.8. The molecular weight excluding hydrogens is 777 g/mol. The predicted molar refractivity (Wildman–Crippen MR) is 271 cm³/mol. The monoisotopic (exact) mass is 822 g/mol. The quantitative estimate of drug-likeness (QED) is 0.152. The van der Waals surface area contributed by atoms with Gasteiger partial charge < -0.3 is 9.47 Å². The summed E-state index contributed by atoms with van der Waals surface area (Å²) in [6.07, 6.45) is 4.39. The summed E-state index contributed by atoms with van der Waals surface area (Å²) in [4.78, 5) is 2.46. The minimum Gasteiger partial charge on any atom is -0.314 e. The second-order valence-electron chi connectivity index (χ2n) is 17.7. The first-order valence-electron chi connectivity index (χ1n) is 22.1. The highest BCUT2D eigenvalue weighted by Gasteiger charge is 2.52. The molecule has 1 aromatic heterocycles. The number of anilines is 2. The molecule has 0 saturated carbocycles. The maximum absolute atomic E-state index is 4.41. The van der Waals surface area contributed by atoms with Crippen LogP contribution in [0.15, 0.2) is 212 Å². The van der Waals surface area contributed by atoms with Crippen molar-refractivity contribution in [1.82, 2.24) is 4.57 Å². The Labute approximate surface area is 370 Å². The molecule has 0 N–H and O–H groups in total. The van der Waals surface area contributed by atoms with E-state index >= 15 is 0 Å². The summed E-state index contributed by atoms with van der Waals surface area (Å²) >= 11 is 0. The van der Waals surface area contributed by atoms with E-state index in [2.05, 4.69) is 242 Å². The summed E-state index contributed by atoms with van der Waals surface area (Å²) in [6, 6.07) is 74.7. The van der Waals surface area contributed by atoms with Crippen molar-refractivity contribution in [2.75, 3.05) is 4.90 Å². The highest BCUT2D eigenvalue weighted by molar-refractivity contribution is 7.01. The first-order chi connectivity index (χ1) is 30.9. The molecule has 1 atom stereocenters. The van der Waals surface area contributed by atoms with Crippen molar-refractivity contribution in [3.63, 3.8) is 0 Å². The van der Waals surface area contributed by atoms with E-state index in [1.807, 2.05) is 6.08 Å². The smallest absolute Gasteiger partial charge is 0.113 e. The van der Waals surface area contributed by atoms with Crippen LogP contribution in [0.5, 0.6) is 0 Å². The molecule has 63 heavy (non-hydrogen) atoms. The van der Waals surface area contributed by atoms with Crippen LogP contribution in [0.2, 0.25) is 13.1 Å². The van der Waals surface area contributed by atoms with Gasteiger partial charge in [-0.15, -0.1) is 0 Å². The van der Waals surface area contributed by atoms with Gasteiger partial charge in [-0.3, -0.25) is 0 Å². The van der Waals surface area contributed by atoms with Gasteiger partial charge in [0.05, 0.1) is 16.6 Å². The summed E-state index contributed by atoms with van der Waals surface area (Å²) in [7, 11) is -2.29. The van der Waals surface area contributed by atoms with Crippen LogP contribution in [0.25, 0.3) is 61.4 Å². The van der Waals surface area contributed by atoms with E-state index in [4.69, 9.17) is 0 Å². The Hall–Kier alpha value is -7.46. The number of allylic oxidation sites excluding steroid dienone is 1. The predicted octanol–water partition coefficient (Wildman–Crippen LogP) is 14.3. The SMILES string of the molecule is C=Cc1c(/C=C(\C)N(c2ccccc2)c2ccc3c(c2)[Si](C)(C)c2ccccc2C32c3ccccc3-c3cccc4cccc2c34)c2ccccc2n1-c1ccc2ccccc2c1. The topological polar surface area (TPSA) is 8.17 Å². The van der Waals surface area contributed by atoms with Crippen LogP contribution in [0.4, 0.5) is 11.4 Å². The molecule has 2 nitrogen and oxygen atoms in total. The molecule has 1 aliphatic heterocycles. The van der Waals surface area contributed by atoms with Crippen molar-refractivity contribution in [3.8, 4) is 16.8 Å². The van der Waals surface area contributed by atoms with Gasteiger partial charge in [0.25, 0.3) is 0 Å². The van der Waals surface area contributed by atoms with E-state index in [1.165, 1.54) is 70.7 Å². The summed E-state index contributed by atoms with van der Waals surface area (Å²) in [5, 5.41) is 9.24. The zero-order chi connectivity index (χ0) is 42.5. The molecule has 2 aliphatic rings. The second kappa shape index (κ2) is 14.0. The number of nitrogens with zero attached hydrogens (tertiary/aromatic N) is 2.